The molecule has 0 nitrogen and oxygen atoms in total. The fourth-order valence-electron chi connectivity index (χ4n) is 4.59. The zero-order valence-corrected chi connectivity index (χ0v) is 21.3. The fraction of sp³-hybridized carbons (Fsp3) is 0. The van der Waals surface area contributed by atoms with E-state index < -0.39 is 0 Å². The molecule has 0 saturated carbocycles. The monoisotopic (exact) mass is 555 g/mol. The maximum Gasteiger partial charge on any atom is 0.147 e. The number of fused-ring (bicyclic) bond motifs is 4. The molecule has 0 aliphatic rings. The predicted octanol–water partition coefficient (Wildman–Crippen LogP) is 7.78. The minimum atomic E-state index is 1.01. The SMILES string of the molecule is [Si]C#Cc1cccc2cc3cccc(C#Cc4cccc5cc6cccc(I)c6cc45)c3cc12. The van der Waals surface area contributed by atoms with Gasteiger partial charge in [-0.15, -0.1) is 5.54 Å². The van der Waals surface area contributed by atoms with Gasteiger partial charge in [0.25, 0.3) is 0 Å². The van der Waals surface area contributed by atoms with E-state index in [9.17, 15) is 0 Å². The highest BCUT2D eigenvalue weighted by Gasteiger charge is 2.06. The van der Waals surface area contributed by atoms with Crippen LogP contribution in [0.4, 0.5) is 0 Å². The van der Waals surface area contributed by atoms with Crippen molar-refractivity contribution in [3.05, 3.63) is 117 Å². The molecular formula is C32H16ISi. The zero-order chi connectivity index (χ0) is 23.1. The van der Waals surface area contributed by atoms with Gasteiger partial charge in [0.05, 0.1) is 0 Å². The van der Waals surface area contributed by atoms with E-state index >= 15 is 0 Å². The molecule has 0 aromatic heterocycles. The van der Waals surface area contributed by atoms with Crippen molar-refractivity contribution in [1.29, 1.82) is 0 Å². The highest BCUT2D eigenvalue weighted by atomic mass is 127. The van der Waals surface area contributed by atoms with Gasteiger partial charge in [0, 0.05) is 20.3 Å². The Morgan fingerprint density at radius 3 is 1.38 bits per heavy atom. The van der Waals surface area contributed by atoms with Crippen LogP contribution in [0.15, 0.2) is 97.1 Å². The van der Waals surface area contributed by atoms with Gasteiger partial charge < -0.3 is 0 Å². The minimum absolute atomic E-state index is 1.01. The van der Waals surface area contributed by atoms with Crippen LogP contribution in [0, 0.1) is 26.9 Å². The topological polar surface area (TPSA) is 0 Å². The van der Waals surface area contributed by atoms with Gasteiger partial charge in [-0.05, 0) is 114 Å². The molecule has 0 atom stereocenters. The van der Waals surface area contributed by atoms with Crippen molar-refractivity contribution >= 4 is 75.9 Å². The second-order valence-corrected chi connectivity index (χ2v) is 9.66. The molecule has 3 radical (unpaired) electrons. The molecule has 0 bridgehead atoms. The lowest BCUT2D eigenvalue weighted by Gasteiger charge is -2.07. The summed E-state index contributed by atoms with van der Waals surface area (Å²) in [6.07, 6.45) is 0. The third-order valence-electron chi connectivity index (χ3n) is 6.23. The van der Waals surface area contributed by atoms with E-state index in [1.807, 2.05) is 0 Å². The average Bonchev–Trinajstić information content (AvgIpc) is 2.86. The lowest BCUT2D eigenvalue weighted by Crippen LogP contribution is -1.86. The maximum atomic E-state index is 3.48. The van der Waals surface area contributed by atoms with Crippen LogP contribution >= 0.6 is 22.6 Å². The van der Waals surface area contributed by atoms with Gasteiger partial charge in [0.1, 0.15) is 10.2 Å². The number of hydrogen-bond donors (Lipinski definition) is 0. The number of hydrogen-bond acceptors (Lipinski definition) is 0. The van der Waals surface area contributed by atoms with Gasteiger partial charge in [-0.1, -0.05) is 66.3 Å². The molecule has 0 saturated heterocycles. The van der Waals surface area contributed by atoms with E-state index in [1.165, 1.54) is 35.9 Å². The average molecular weight is 555 g/mol. The first-order valence-electron chi connectivity index (χ1n) is 11.0. The lowest BCUT2D eigenvalue weighted by atomic mass is 9.96. The van der Waals surface area contributed by atoms with Gasteiger partial charge in [-0.25, -0.2) is 0 Å². The van der Waals surface area contributed by atoms with Crippen molar-refractivity contribution < 1.29 is 0 Å². The smallest absolute Gasteiger partial charge is 0.133 e. The van der Waals surface area contributed by atoms with Crippen molar-refractivity contribution in [2.24, 2.45) is 0 Å². The van der Waals surface area contributed by atoms with Crippen LogP contribution in [0.1, 0.15) is 16.7 Å². The van der Waals surface area contributed by atoms with E-state index in [-0.39, 0.29) is 0 Å². The van der Waals surface area contributed by atoms with Gasteiger partial charge in [-0.3, -0.25) is 0 Å². The standard InChI is InChI=1S/C32H16ISi/c33-32-12-4-11-27-18-26-9-2-6-22(30(26)20-31(27)32)14-13-21-5-1-8-24-17-25-10-3-7-23(15-16-34)29(25)19-28(21)24/h1-12,17-20H. The van der Waals surface area contributed by atoms with Crippen LogP contribution in [-0.4, -0.2) is 10.2 Å². The molecule has 0 amide bonds. The Balaban J connectivity index is 1.56. The molecule has 6 rings (SSSR count). The molecule has 0 fully saturated rings. The summed E-state index contributed by atoms with van der Waals surface area (Å²) < 4.78 is 1.25. The van der Waals surface area contributed by atoms with Gasteiger partial charge in [0.2, 0.25) is 0 Å². The number of halogens is 1. The molecule has 0 N–H and O–H groups in total. The summed E-state index contributed by atoms with van der Waals surface area (Å²) in [5, 5.41) is 9.57. The van der Waals surface area contributed by atoms with Crippen molar-refractivity contribution in [1.82, 2.24) is 0 Å². The van der Waals surface area contributed by atoms with Crippen LogP contribution < -0.4 is 0 Å². The van der Waals surface area contributed by atoms with Gasteiger partial charge in [-0.2, -0.15) is 0 Å². The molecule has 0 aliphatic heterocycles. The first-order valence-corrected chi connectivity index (χ1v) is 12.6. The normalized spacial score (nSPS) is 10.8. The summed E-state index contributed by atoms with van der Waals surface area (Å²) in [4.78, 5) is 0. The fourth-order valence-corrected chi connectivity index (χ4v) is 5.40. The van der Waals surface area contributed by atoms with E-state index in [1.54, 1.807) is 0 Å². The quantitative estimate of drug-likeness (QED) is 0.0777. The molecule has 0 heterocycles. The first kappa shape index (κ1) is 21.0. The van der Waals surface area contributed by atoms with Crippen LogP contribution in [0.3, 0.4) is 0 Å². The summed E-state index contributed by atoms with van der Waals surface area (Å²) >= 11 is 2.41. The molecule has 0 spiro atoms. The van der Waals surface area contributed by atoms with Crippen molar-refractivity contribution in [2.45, 2.75) is 0 Å². The molecule has 6 aromatic carbocycles. The minimum Gasteiger partial charge on any atom is -0.133 e. The largest absolute Gasteiger partial charge is 0.147 e. The van der Waals surface area contributed by atoms with Crippen molar-refractivity contribution in [3.8, 4) is 23.3 Å². The van der Waals surface area contributed by atoms with Crippen LogP contribution in [0.25, 0.3) is 43.1 Å². The van der Waals surface area contributed by atoms with Crippen molar-refractivity contribution in [2.75, 3.05) is 0 Å². The zero-order valence-electron chi connectivity index (χ0n) is 18.1. The van der Waals surface area contributed by atoms with Crippen molar-refractivity contribution in [3.63, 3.8) is 0 Å². The summed E-state index contributed by atoms with van der Waals surface area (Å²) in [7, 11) is 3.29. The number of rotatable bonds is 0. The molecule has 6 aromatic rings. The summed E-state index contributed by atoms with van der Waals surface area (Å²) in [5.74, 6) is 10.1. The molecule has 0 aliphatic carbocycles. The Morgan fingerprint density at radius 1 is 0.471 bits per heavy atom. The molecule has 0 unspecified atom stereocenters. The highest BCUT2D eigenvalue weighted by Crippen LogP contribution is 2.29. The van der Waals surface area contributed by atoms with Crippen LogP contribution in [0.5, 0.6) is 0 Å². The van der Waals surface area contributed by atoms with E-state index in [0.29, 0.717) is 0 Å². The summed E-state index contributed by atoms with van der Waals surface area (Å²) in [5.41, 5.74) is 5.92. The lowest BCUT2D eigenvalue weighted by molar-refractivity contribution is 1.68. The predicted molar refractivity (Wildman–Crippen MR) is 154 cm³/mol. The summed E-state index contributed by atoms with van der Waals surface area (Å²) in [6, 6.07) is 34.3. The van der Waals surface area contributed by atoms with E-state index in [4.69, 9.17) is 0 Å². The first-order chi connectivity index (χ1) is 16.7. The molecular weight excluding hydrogens is 539 g/mol. The molecule has 155 valence electrons. The van der Waals surface area contributed by atoms with E-state index in [0.717, 1.165) is 27.5 Å². The Hall–Kier alpha value is -3.57. The van der Waals surface area contributed by atoms with Crippen LogP contribution in [-0.2, 0) is 0 Å². The maximum absolute atomic E-state index is 3.48. The Bertz CT molecular complexity index is 1890. The molecule has 2 heteroatoms. The number of benzene rings is 6. The Kier molecular flexibility index (Phi) is 5.34. The highest BCUT2D eigenvalue weighted by molar-refractivity contribution is 14.1. The third kappa shape index (κ3) is 3.66. The van der Waals surface area contributed by atoms with E-state index in [2.05, 4.69) is 153 Å². The summed E-state index contributed by atoms with van der Waals surface area (Å²) in [6.45, 7) is 0. The Labute approximate surface area is 215 Å². The van der Waals surface area contributed by atoms with Gasteiger partial charge >= 0.3 is 0 Å². The third-order valence-corrected chi connectivity index (χ3v) is 7.30. The Morgan fingerprint density at radius 2 is 0.882 bits per heavy atom. The second-order valence-electron chi connectivity index (χ2n) is 8.25. The van der Waals surface area contributed by atoms with Gasteiger partial charge in [0.15, 0.2) is 0 Å². The second kappa shape index (κ2) is 8.65. The van der Waals surface area contributed by atoms with Crippen LogP contribution in [0.2, 0.25) is 0 Å². The molecule has 34 heavy (non-hydrogen) atoms.